The molecule has 2 nitrogen and oxygen atoms in total. The topological polar surface area (TPSA) is 24.9 Å². The van der Waals surface area contributed by atoms with Gasteiger partial charge in [-0.25, -0.2) is 0 Å². The van der Waals surface area contributed by atoms with E-state index in [2.05, 4.69) is 23.3 Å². The summed E-state index contributed by atoms with van der Waals surface area (Å²) in [6.45, 7) is 3.09. The fourth-order valence-electron chi connectivity index (χ4n) is 3.35. The number of hydrogen-bond donors (Lipinski definition) is 1. The molecule has 2 aliphatic carbocycles. The van der Waals surface area contributed by atoms with E-state index in [4.69, 9.17) is 0 Å². The van der Waals surface area contributed by atoms with Crippen LogP contribution in [0.25, 0.3) is 0 Å². The Bertz CT molecular complexity index is 398. The molecule has 0 saturated heterocycles. The van der Waals surface area contributed by atoms with E-state index in [9.17, 15) is 0 Å². The fraction of sp³-hybridized carbons (Fsp3) is 0.688. The van der Waals surface area contributed by atoms with Gasteiger partial charge in [-0.15, -0.1) is 0 Å². The van der Waals surface area contributed by atoms with E-state index >= 15 is 0 Å². The molecule has 2 saturated carbocycles. The number of hydrogen-bond acceptors (Lipinski definition) is 2. The van der Waals surface area contributed by atoms with E-state index in [0.717, 1.165) is 24.4 Å². The van der Waals surface area contributed by atoms with Crippen LogP contribution in [0, 0.1) is 18.8 Å². The molecule has 2 fully saturated rings. The molecule has 2 heteroatoms. The smallest absolute Gasteiger partial charge is 0.0570 e. The molecule has 0 amide bonds. The van der Waals surface area contributed by atoms with Crippen molar-refractivity contribution in [3.8, 4) is 0 Å². The van der Waals surface area contributed by atoms with Crippen LogP contribution in [0.4, 0.5) is 0 Å². The number of aromatic nitrogens is 1. The van der Waals surface area contributed by atoms with Crippen LogP contribution in [0.15, 0.2) is 18.3 Å². The molecule has 0 radical (unpaired) electrons. The van der Waals surface area contributed by atoms with Gasteiger partial charge in [-0.1, -0.05) is 18.9 Å². The van der Waals surface area contributed by atoms with Crippen molar-refractivity contribution in [2.75, 3.05) is 0 Å². The number of nitrogens with zero attached hydrogens (tertiary/aromatic N) is 1. The number of aryl methyl sites for hydroxylation is 1. The monoisotopic (exact) mass is 244 g/mol. The summed E-state index contributed by atoms with van der Waals surface area (Å²) in [7, 11) is 0. The first kappa shape index (κ1) is 12.2. The molecule has 0 bridgehead atoms. The minimum absolute atomic E-state index is 0.728. The van der Waals surface area contributed by atoms with E-state index in [-0.39, 0.29) is 0 Å². The van der Waals surface area contributed by atoms with Gasteiger partial charge in [0.15, 0.2) is 0 Å². The molecular weight excluding hydrogens is 220 g/mol. The molecule has 2 atom stereocenters. The molecule has 1 aromatic heterocycles. The van der Waals surface area contributed by atoms with Gasteiger partial charge in [0, 0.05) is 18.8 Å². The van der Waals surface area contributed by atoms with Gasteiger partial charge in [0.2, 0.25) is 0 Å². The van der Waals surface area contributed by atoms with Crippen molar-refractivity contribution in [1.82, 2.24) is 10.3 Å². The van der Waals surface area contributed by atoms with Crippen molar-refractivity contribution in [1.29, 1.82) is 0 Å². The second-order valence-electron chi connectivity index (χ2n) is 6.11. The zero-order chi connectivity index (χ0) is 12.4. The zero-order valence-electron chi connectivity index (χ0n) is 11.4. The third-order valence-corrected chi connectivity index (χ3v) is 4.68. The summed E-state index contributed by atoms with van der Waals surface area (Å²) >= 11 is 0. The molecule has 3 rings (SSSR count). The Kier molecular flexibility index (Phi) is 3.64. The lowest BCUT2D eigenvalue weighted by molar-refractivity contribution is 0.259. The van der Waals surface area contributed by atoms with Gasteiger partial charge in [-0.2, -0.15) is 0 Å². The van der Waals surface area contributed by atoms with Crippen LogP contribution >= 0.6 is 0 Å². The normalized spacial score (nSPS) is 28.3. The highest BCUT2D eigenvalue weighted by molar-refractivity contribution is 5.17. The Morgan fingerprint density at radius 1 is 1.22 bits per heavy atom. The molecule has 2 aliphatic rings. The first-order valence-corrected chi connectivity index (χ1v) is 7.47. The van der Waals surface area contributed by atoms with Crippen molar-refractivity contribution in [3.05, 3.63) is 29.6 Å². The van der Waals surface area contributed by atoms with E-state index in [1.54, 1.807) is 0 Å². The first-order chi connectivity index (χ1) is 8.83. The average molecular weight is 244 g/mol. The average Bonchev–Trinajstić information content (AvgIpc) is 3.23. The fourth-order valence-corrected chi connectivity index (χ4v) is 3.35. The maximum atomic E-state index is 4.47. The number of rotatable bonds is 4. The summed E-state index contributed by atoms with van der Waals surface area (Å²) in [4.78, 5) is 4.47. The molecule has 98 valence electrons. The minimum atomic E-state index is 0.728. The Labute approximate surface area is 110 Å². The number of pyridine rings is 1. The Hall–Kier alpha value is -0.890. The van der Waals surface area contributed by atoms with Crippen molar-refractivity contribution >= 4 is 0 Å². The highest BCUT2D eigenvalue weighted by Gasteiger charge is 2.34. The van der Waals surface area contributed by atoms with Crippen LogP contribution < -0.4 is 5.32 Å². The van der Waals surface area contributed by atoms with Gasteiger partial charge in [-0.3, -0.25) is 4.98 Å². The van der Waals surface area contributed by atoms with Crippen LogP contribution in [0.5, 0.6) is 0 Å². The predicted molar refractivity (Wildman–Crippen MR) is 74.3 cm³/mol. The van der Waals surface area contributed by atoms with E-state index < -0.39 is 0 Å². The summed E-state index contributed by atoms with van der Waals surface area (Å²) in [5.74, 6) is 2.09. The number of nitrogens with one attached hydrogen (secondary N) is 1. The quantitative estimate of drug-likeness (QED) is 0.877. The Balaban J connectivity index is 1.52. The molecule has 1 heterocycles. The zero-order valence-corrected chi connectivity index (χ0v) is 11.4. The van der Waals surface area contributed by atoms with Gasteiger partial charge in [-0.05, 0) is 56.1 Å². The largest absolute Gasteiger partial charge is 0.308 e. The molecular formula is C16H24N2. The van der Waals surface area contributed by atoms with Crippen molar-refractivity contribution in [3.63, 3.8) is 0 Å². The Morgan fingerprint density at radius 3 is 2.89 bits per heavy atom. The third-order valence-electron chi connectivity index (χ3n) is 4.68. The molecule has 18 heavy (non-hydrogen) atoms. The highest BCUT2D eigenvalue weighted by Crippen LogP contribution is 2.43. The van der Waals surface area contributed by atoms with Crippen LogP contribution in [0.2, 0.25) is 0 Å². The molecule has 0 aliphatic heterocycles. The molecule has 2 unspecified atom stereocenters. The van der Waals surface area contributed by atoms with Crippen molar-refractivity contribution in [2.24, 2.45) is 11.8 Å². The summed E-state index contributed by atoms with van der Waals surface area (Å²) in [6.07, 6.45) is 10.5. The predicted octanol–water partition coefficient (Wildman–Crippen LogP) is 3.45. The van der Waals surface area contributed by atoms with E-state index in [0.29, 0.717) is 0 Å². The van der Waals surface area contributed by atoms with Gasteiger partial charge < -0.3 is 5.32 Å². The van der Waals surface area contributed by atoms with E-state index in [1.807, 2.05) is 12.3 Å². The third kappa shape index (κ3) is 2.92. The summed E-state index contributed by atoms with van der Waals surface area (Å²) in [5.41, 5.74) is 2.52. The van der Waals surface area contributed by atoms with Gasteiger partial charge in [0.05, 0.1) is 5.69 Å². The highest BCUT2D eigenvalue weighted by atomic mass is 14.9. The van der Waals surface area contributed by atoms with Crippen molar-refractivity contribution in [2.45, 2.75) is 58.0 Å². The lowest BCUT2D eigenvalue weighted by atomic mass is 9.82. The summed E-state index contributed by atoms with van der Waals surface area (Å²) < 4.78 is 0. The Morgan fingerprint density at radius 2 is 2.11 bits per heavy atom. The summed E-state index contributed by atoms with van der Waals surface area (Å²) in [5, 5.41) is 3.73. The molecule has 1 aromatic rings. The maximum absolute atomic E-state index is 4.47. The lowest BCUT2D eigenvalue weighted by Gasteiger charge is -2.30. The van der Waals surface area contributed by atoms with Gasteiger partial charge >= 0.3 is 0 Å². The second kappa shape index (κ2) is 5.40. The van der Waals surface area contributed by atoms with E-state index in [1.165, 1.54) is 49.8 Å². The van der Waals surface area contributed by atoms with Crippen LogP contribution in [0.3, 0.4) is 0 Å². The minimum Gasteiger partial charge on any atom is -0.308 e. The molecule has 0 spiro atoms. The first-order valence-electron chi connectivity index (χ1n) is 7.47. The van der Waals surface area contributed by atoms with Gasteiger partial charge in [0.1, 0.15) is 0 Å². The van der Waals surface area contributed by atoms with Gasteiger partial charge in [0.25, 0.3) is 0 Å². The maximum Gasteiger partial charge on any atom is 0.0570 e. The van der Waals surface area contributed by atoms with Crippen LogP contribution in [0.1, 0.15) is 49.8 Å². The SMILES string of the molecule is Cc1cccnc1CNC1CCCC(C2CC2)C1. The molecule has 1 N–H and O–H groups in total. The van der Waals surface area contributed by atoms with Crippen LogP contribution in [-0.4, -0.2) is 11.0 Å². The molecule has 0 aromatic carbocycles. The second-order valence-corrected chi connectivity index (χ2v) is 6.11. The van der Waals surface area contributed by atoms with Crippen LogP contribution in [-0.2, 0) is 6.54 Å². The summed E-state index contributed by atoms with van der Waals surface area (Å²) in [6, 6.07) is 4.89. The standard InChI is InChI=1S/C16H24N2/c1-12-4-3-9-17-16(12)11-18-15-6-2-5-14(10-15)13-7-8-13/h3-4,9,13-15,18H,2,5-8,10-11H2,1H3. The lowest BCUT2D eigenvalue weighted by Crippen LogP contribution is -2.34. The van der Waals surface area contributed by atoms with Crippen molar-refractivity contribution < 1.29 is 0 Å².